The Morgan fingerprint density at radius 2 is 1.45 bits per heavy atom. The lowest BCUT2D eigenvalue weighted by Crippen LogP contribution is -2.25. The van der Waals surface area contributed by atoms with E-state index < -0.39 is 6.29 Å². The van der Waals surface area contributed by atoms with E-state index >= 15 is 0 Å². The Hall–Kier alpha value is -1.84. The van der Waals surface area contributed by atoms with Crippen LogP contribution in [0.3, 0.4) is 0 Å². The van der Waals surface area contributed by atoms with Crippen LogP contribution in [0.2, 0.25) is 0 Å². The highest BCUT2D eigenvalue weighted by Crippen LogP contribution is 2.34. The number of benzene rings is 2. The maximum atomic E-state index is 5.92. The second kappa shape index (κ2) is 11.7. The van der Waals surface area contributed by atoms with Gasteiger partial charge in [0.2, 0.25) is 6.29 Å². The zero-order chi connectivity index (χ0) is 22.2. The molecular weight excluding hydrogens is 384 g/mol. The molecule has 2 aromatic carbocycles. The minimum Gasteiger partial charge on any atom is -0.462 e. The van der Waals surface area contributed by atoms with Gasteiger partial charge in [-0.1, -0.05) is 70.2 Å². The van der Waals surface area contributed by atoms with Crippen molar-refractivity contribution in [2.45, 2.75) is 91.0 Å². The first kappa shape index (κ1) is 23.8. The molecule has 0 spiro atoms. The normalized spacial score (nSPS) is 21.3. The van der Waals surface area contributed by atoms with Crippen molar-refractivity contribution in [3.05, 3.63) is 65.7 Å². The molecule has 1 aliphatic rings. The van der Waals surface area contributed by atoms with Gasteiger partial charge in [0, 0.05) is 6.92 Å². The van der Waals surface area contributed by atoms with E-state index in [2.05, 4.69) is 82.3 Å². The Bertz CT molecular complexity index is 746. The van der Waals surface area contributed by atoms with Crippen LogP contribution in [-0.4, -0.2) is 12.4 Å². The highest BCUT2D eigenvalue weighted by molar-refractivity contribution is 5.30. The molecule has 0 saturated heterocycles. The minimum atomic E-state index is -0.436. The van der Waals surface area contributed by atoms with E-state index in [1.54, 1.807) is 0 Å². The summed E-state index contributed by atoms with van der Waals surface area (Å²) in [6.07, 6.45) is 5.24. The highest BCUT2D eigenvalue weighted by atomic mass is 17.2. The monoisotopic (exact) mass is 424 g/mol. The minimum absolute atomic E-state index is 0.149. The molecule has 1 fully saturated rings. The summed E-state index contributed by atoms with van der Waals surface area (Å²) in [5.74, 6) is 3.36. The maximum Gasteiger partial charge on any atom is 0.228 e. The number of rotatable bonds is 10. The molecule has 0 radical (unpaired) electrons. The largest absolute Gasteiger partial charge is 0.462 e. The van der Waals surface area contributed by atoms with Crippen LogP contribution >= 0.6 is 0 Å². The van der Waals surface area contributed by atoms with Gasteiger partial charge in [0.15, 0.2) is 0 Å². The van der Waals surface area contributed by atoms with Gasteiger partial charge in [-0.15, -0.1) is 0 Å². The lowest BCUT2D eigenvalue weighted by molar-refractivity contribution is -0.383. The third-order valence-corrected chi connectivity index (χ3v) is 6.41. The van der Waals surface area contributed by atoms with Crippen molar-refractivity contribution in [2.24, 2.45) is 11.8 Å². The van der Waals surface area contributed by atoms with Crippen molar-refractivity contribution in [1.29, 1.82) is 0 Å². The van der Waals surface area contributed by atoms with Crippen molar-refractivity contribution in [3.8, 4) is 5.75 Å². The molecule has 3 nitrogen and oxygen atoms in total. The van der Waals surface area contributed by atoms with Crippen molar-refractivity contribution < 1.29 is 14.5 Å². The van der Waals surface area contributed by atoms with Gasteiger partial charge in [0.25, 0.3) is 0 Å². The van der Waals surface area contributed by atoms with Crippen LogP contribution in [0, 0.1) is 11.8 Å². The summed E-state index contributed by atoms with van der Waals surface area (Å²) in [5.41, 5.74) is 2.83. The van der Waals surface area contributed by atoms with Crippen molar-refractivity contribution in [3.63, 3.8) is 0 Å². The summed E-state index contributed by atoms with van der Waals surface area (Å²) in [6, 6.07) is 19.3. The van der Waals surface area contributed by atoms with Crippen LogP contribution in [0.4, 0.5) is 0 Å². The maximum absolute atomic E-state index is 5.92. The summed E-state index contributed by atoms with van der Waals surface area (Å²) < 4.78 is 5.92. The van der Waals surface area contributed by atoms with E-state index in [1.807, 2.05) is 6.92 Å². The molecule has 2 aromatic rings. The molecule has 2 unspecified atom stereocenters. The fourth-order valence-corrected chi connectivity index (χ4v) is 4.68. The molecule has 0 bridgehead atoms. The standard InChI is InChI=1S/C28H40O3/c1-20(2)19-28(21(3)4)25-13-15-26(16-14-25)29-22(5)30-31-27-17-11-24(12-18-27)23-9-7-6-8-10-23/h6-10,13-16,20-22,24,27-28H,11-12,17-19H2,1-5H3. The molecule has 0 aromatic heterocycles. The molecular formula is C28H40O3. The summed E-state index contributed by atoms with van der Waals surface area (Å²) >= 11 is 0. The predicted molar refractivity (Wildman–Crippen MR) is 127 cm³/mol. The topological polar surface area (TPSA) is 27.7 Å². The molecule has 1 saturated carbocycles. The van der Waals surface area contributed by atoms with E-state index in [0.29, 0.717) is 23.7 Å². The number of hydrogen-bond acceptors (Lipinski definition) is 3. The van der Waals surface area contributed by atoms with Crippen LogP contribution < -0.4 is 4.74 Å². The third-order valence-electron chi connectivity index (χ3n) is 6.41. The van der Waals surface area contributed by atoms with Gasteiger partial charge in [0.1, 0.15) is 5.75 Å². The molecule has 31 heavy (non-hydrogen) atoms. The van der Waals surface area contributed by atoms with Gasteiger partial charge >= 0.3 is 0 Å². The highest BCUT2D eigenvalue weighted by Gasteiger charge is 2.24. The molecule has 0 heterocycles. The molecule has 1 aliphatic carbocycles. The first-order valence-electron chi connectivity index (χ1n) is 12.1. The molecule has 0 N–H and O–H groups in total. The summed E-state index contributed by atoms with van der Waals surface area (Å²) in [6.45, 7) is 11.1. The average Bonchev–Trinajstić information content (AvgIpc) is 2.77. The summed E-state index contributed by atoms with van der Waals surface area (Å²) in [7, 11) is 0. The Labute approximate surface area is 189 Å². The van der Waals surface area contributed by atoms with Crippen LogP contribution in [-0.2, 0) is 9.78 Å². The smallest absolute Gasteiger partial charge is 0.228 e. The molecule has 2 atom stereocenters. The lowest BCUT2D eigenvalue weighted by atomic mass is 9.82. The van der Waals surface area contributed by atoms with E-state index in [1.165, 1.54) is 17.5 Å². The molecule has 170 valence electrons. The van der Waals surface area contributed by atoms with Crippen LogP contribution in [0.25, 0.3) is 0 Å². The fourth-order valence-electron chi connectivity index (χ4n) is 4.68. The quantitative estimate of drug-likeness (QED) is 0.221. The Morgan fingerprint density at radius 3 is 2.03 bits per heavy atom. The van der Waals surface area contributed by atoms with Crippen LogP contribution in [0.15, 0.2) is 54.6 Å². The van der Waals surface area contributed by atoms with Crippen molar-refractivity contribution in [2.75, 3.05) is 0 Å². The Kier molecular flexibility index (Phi) is 8.98. The zero-order valence-electron chi connectivity index (χ0n) is 19.9. The van der Waals surface area contributed by atoms with E-state index in [-0.39, 0.29) is 6.10 Å². The second-order valence-corrected chi connectivity index (χ2v) is 9.81. The third kappa shape index (κ3) is 7.36. The van der Waals surface area contributed by atoms with Crippen LogP contribution in [0.1, 0.15) is 89.7 Å². The SMILES string of the molecule is CC(C)CC(c1ccc(OC(C)OOC2CCC(c3ccccc3)CC2)cc1)C(C)C. The first-order chi connectivity index (χ1) is 14.9. The number of ether oxygens (including phenoxy) is 1. The molecule has 3 heteroatoms. The van der Waals surface area contributed by atoms with Crippen molar-refractivity contribution >= 4 is 0 Å². The summed E-state index contributed by atoms with van der Waals surface area (Å²) in [4.78, 5) is 11.3. The van der Waals surface area contributed by atoms with Gasteiger partial charge in [-0.05, 0) is 79.0 Å². The van der Waals surface area contributed by atoms with Gasteiger partial charge in [-0.2, -0.15) is 4.89 Å². The first-order valence-corrected chi connectivity index (χ1v) is 12.1. The van der Waals surface area contributed by atoms with Gasteiger partial charge in [0.05, 0.1) is 6.10 Å². The van der Waals surface area contributed by atoms with Crippen LogP contribution in [0.5, 0.6) is 5.75 Å². The van der Waals surface area contributed by atoms with E-state index in [9.17, 15) is 0 Å². The molecule has 0 aliphatic heterocycles. The van der Waals surface area contributed by atoms with Gasteiger partial charge in [-0.3, -0.25) is 0 Å². The molecule has 0 amide bonds. The summed E-state index contributed by atoms with van der Waals surface area (Å²) in [5, 5.41) is 0. The van der Waals surface area contributed by atoms with Gasteiger partial charge < -0.3 is 4.74 Å². The Balaban J connectivity index is 1.42. The van der Waals surface area contributed by atoms with Crippen molar-refractivity contribution in [1.82, 2.24) is 0 Å². The van der Waals surface area contributed by atoms with E-state index in [4.69, 9.17) is 14.5 Å². The fraction of sp³-hybridized carbons (Fsp3) is 0.571. The van der Waals surface area contributed by atoms with E-state index in [0.717, 1.165) is 31.4 Å². The molecule has 3 rings (SSSR count). The predicted octanol–water partition coefficient (Wildman–Crippen LogP) is 7.87. The lowest BCUT2D eigenvalue weighted by Gasteiger charge is -2.28. The number of hydrogen-bond donors (Lipinski definition) is 0. The van der Waals surface area contributed by atoms with Gasteiger partial charge in [-0.25, -0.2) is 4.89 Å². The zero-order valence-corrected chi connectivity index (χ0v) is 19.9. The Morgan fingerprint density at radius 1 is 0.806 bits per heavy atom. The average molecular weight is 425 g/mol. The second-order valence-electron chi connectivity index (χ2n) is 9.81.